The monoisotopic (exact) mass is 609 g/mol. The van der Waals surface area contributed by atoms with Crippen molar-refractivity contribution in [3.8, 4) is 5.69 Å². The average molecular weight is 610 g/mol. The van der Waals surface area contributed by atoms with E-state index in [0.717, 1.165) is 4.57 Å². The minimum absolute atomic E-state index is 0.108. The van der Waals surface area contributed by atoms with Crippen LogP contribution in [0.1, 0.15) is 70.2 Å². The third-order valence-corrected chi connectivity index (χ3v) is 7.12. The van der Waals surface area contributed by atoms with Gasteiger partial charge in [0.05, 0.1) is 18.5 Å². The highest BCUT2D eigenvalue weighted by molar-refractivity contribution is 5.85. The molecule has 1 unspecified atom stereocenters. The third-order valence-electron chi connectivity index (χ3n) is 7.12. The zero-order valence-electron chi connectivity index (χ0n) is 25.1. The number of hydrogen-bond donors (Lipinski definition) is 0. The van der Waals surface area contributed by atoms with E-state index in [1.54, 1.807) is 38.3 Å². The second kappa shape index (κ2) is 15.4. The highest BCUT2D eigenvalue weighted by Gasteiger charge is 2.48. The second-order valence-electron chi connectivity index (χ2n) is 9.61. The van der Waals surface area contributed by atoms with Gasteiger partial charge < -0.3 is 0 Å². The summed E-state index contributed by atoms with van der Waals surface area (Å²) in [7, 11) is 1.54. The Morgan fingerprint density at radius 2 is 1.63 bits per heavy atom. The summed E-state index contributed by atoms with van der Waals surface area (Å²) in [5, 5.41) is 0. The van der Waals surface area contributed by atoms with Gasteiger partial charge in [-0.2, -0.15) is 17.9 Å². The molecule has 0 saturated heterocycles. The van der Waals surface area contributed by atoms with Gasteiger partial charge in [-0.25, -0.2) is 27.5 Å². The van der Waals surface area contributed by atoms with Crippen LogP contribution in [0, 0.1) is 35.0 Å². The maximum Gasteiger partial charge on any atom is 0.442 e. The predicted molar refractivity (Wildman–Crippen MR) is 151 cm³/mol. The van der Waals surface area contributed by atoms with Crippen LogP contribution in [-0.4, -0.2) is 10.5 Å². The lowest BCUT2D eigenvalue weighted by atomic mass is 9.75. The lowest BCUT2D eigenvalue weighted by Gasteiger charge is -2.32. The van der Waals surface area contributed by atoms with Crippen molar-refractivity contribution < 1.29 is 45.3 Å². The molecule has 1 aliphatic carbocycles. The maximum absolute atomic E-state index is 14.8. The van der Waals surface area contributed by atoms with Gasteiger partial charge in [-0.3, -0.25) is 0 Å². The summed E-state index contributed by atoms with van der Waals surface area (Å²) in [6.07, 6.45) is 13.7. The van der Waals surface area contributed by atoms with Gasteiger partial charge in [-0.1, -0.05) is 65.3 Å². The number of rotatable bonds is 7. The van der Waals surface area contributed by atoms with Crippen molar-refractivity contribution in [2.75, 3.05) is 0 Å². The number of nitrogens with zero attached hydrogens (tertiary/aromatic N) is 3. The van der Waals surface area contributed by atoms with Crippen LogP contribution >= 0.6 is 0 Å². The first-order chi connectivity index (χ1) is 20.5. The number of unbranched alkanes of at least 4 members (excludes halogenated alkanes) is 1. The molecule has 0 amide bonds. The standard InChI is InChI=1S/C26H21F6N3O2.C4H10.C2H6/c1-4-26(2,35-12-8-7-11-17(35)25(36)37-32)16-10-6-5-9-15(16)24-33(3)13-14-34(24)23-21(30)19(28)18(27)20(29)22(23)31;1-3-4-2;1-2/h4-9,11-14,16H,1,10H2,2-3H3;3-4H2,1-2H3;1-2H3/q+2;;/t16?,26-;;/m0../s1. The van der Waals surface area contributed by atoms with Crippen LogP contribution in [0.2, 0.25) is 0 Å². The molecule has 0 fully saturated rings. The van der Waals surface area contributed by atoms with Gasteiger partial charge in [0.15, 0.2) is 11.7 Å². The van der Waals surface area contributed by atoms with Gasteiger partial charge in [0.1, 0.15) is 12.4 Å². The van der Waals surface area contributed by atoms with Crippen LogP contribution in [0.15, 0.2) is 67.7 Å². The van der Waals surface area contributed by atoms with Crippen molar-refractivity contribution in [1.29, 1.82) is 0 Å². The molecular formula is C32H37F6N3O2+2. The summed E-state index contributed by atoms with van der Waals surface area (Å²) < 4.78 is 88.1. The predicted octanol–water partition coefficient (Wildman–Crippen LogP) is 7.72. The fourth-order valence-corrected chi connectivity index (χ4v) is 4.70. The molecule has 1 aliphatic rings. The molecule has 232 valence electrons. The number of carbonyl (C=O) groups excluding carboxylic acids is 1. The Bertz CT molecular complexity index is 1480. The fraction of sp³-hybridized carbons (Fsp3) is 0.344. The topological polar surface area (TPSA) is 39.0 Å². The Hall–Kier alpha value is -4.15. The van der Waals surface area contributed by atoms with Crippen molar-refractivity contribution in [1.82, 2.24) is 4.57 Å². The molecule has 0 aliphatic heterocycles. The van der Waals surface area contributed by atoms with E-state index in [1.807, 2.05) is 13.8 Å². The molecule has 2 aromatic heterocycles. The van der Waals surface area contributed by atoms with Gasteiger partial charge in [0.25, 0.3) is 11.5 Å². The molecule has 2 heterocycles. The molecule has 3 aromatic rings. The van der Waals surface area contributed by atoms with E-state index in [2.05, 4.69) is 25.4 Å². The first-order valence-electron chi connectivity index (χ1n) is 13.9. The Labute approximate surface area is 247 Å². The number of aromatic nitrogens is 3. The summed E-state index contributed by atoms with van der Waals surface area (Å²) in [5.41, 5.74) is -2.01. The molecule has 0 bridgehead atoms. The van der Waals surface area contributed by atoms with Crippen LogP contribution in [0.25, 0.3) is 11.3 Å². The van der Waals surface area contributed by atoms with Gasteiger partial charge in [-0.05, 0) is 18.6 Å². The molecular weight excluding hydrogens is 572 g/mol. The second-order valence-corrected chi connectivity index (χ2v) is 9.61. The summed E-state index contributed by atoms with van der Waals surface area (Å²) in [6, 6.07) is 4.47. The van der Waals surface area contributed by atoms with Crippen molar-refractivity contribution in [3.05, 3.63) is 108 Å². The van der Waals surface area contributed by atoms with Crippen LogP contribution in [0.3, 0.4) is 0 Å². The summed E-state index contributed by atoms with van der Waals surface area (Å²) >= 11 is 0. The van der Waals surface area contributed by atoms with E-state index < -0.39 is 52.2 Å². The molecule has 2 atom stereocenters. The average Bonchev–Trinajstić information content (AvgIpc) is 3.43. The van der Waals surface area contributed by atoms with E-state index in [1.165, 1.54) is 58.8 Å². The van der Waals surface area contributed by atoms with E-state index >= 15 is 0 Å². The number of aryl methyl sites for hydroxylation is 1. The normalized spacial score (nSPS) is 15.3. The van der Waals surface area contributed by atoms with E-state index in [-0.39, 0.29) is 11.5 Å². The lowest BCUT2D eigenvalue weighted by molar-refractivity contribution is -0.757. The Kier molecular flexibility index (Phi) is 12.5. The van der Waals surface area contributed by atoms with Gasteiger partial charge in [0.2, 0.25) is 34.8 Å². The van der Waals surface area contributed by atoms with Crippen molar-refractivity contribution in [3.63, 3.8) is 0 Å². The number of halogens is 6. The quantitative estimate of drug-likeness (QED) is 0.0905. The molecule has 0 saturated carbocycles. The minimum Gasteiger partial charge on any atom is -0.242 e. The molecule has 43 heavy (non-hydrogen) atoms. The molecule has 1 aromatic carbocycles. The zero-order chi connectivity index (χ0) is 32.5. The van der Waals surface area contributed by atoms with Crippen molar-refractivity contribution in [2.45, 2.75) is 59.4 Å². The number of imidazole rings is 1. The lowest BCUT2D eigenvalue weighted by Crippen LogP contribution is -2.61. The largest absolute Gasteiger partial charge is 0.442 e. The molecule has 11 heteroatoms. The molecule has 0 radical (unpaired) electrons. The highest BCUT2D eigenvalue weighted by atomic mass is 19.3. The molecule has 4 rings (SSSR count). The highest BCUT2D eigenvalue weighted by Crippen LogP contribution is 2.40. The van der Waals surface area contributed by atoms with E-state index in [9.17, 15) is 31.3 Å². The van der Waals surface area contributed by atoms with Crippen LogP contribution in [0.4, 0.5) is 26.5 Å². The third kappa shape index (κ3) is 6.76. The zero-order valence-corrected chi connectivity index (χ0v) is 25.1. The van der Waals surface area contributed by atoms with E-state index in [0.29, 0.717) is 12.0 Å². The van der Waals surface area contributed by atoms with E-state index in [4.69, 9.17) is 0 Å². The number of pyridine rings is 1. The van der Waals surface area contributed by atoms with Crippen LogP contribution < -0.4 is 9.13 Å². The first-order valence-corrected chi connectivity index (χ1v) is 13.9. The molecule has 0 spiro atoms. The Balaban J connectivity index is 0.000000993. The minimum atomic E-state index is -2.26. The number of hydrogen-bond acceptors (Lipinski definition) is 2. The first kappa shape index (κ1) is 35.0. The van der Waals surface area contributed by atoms with Crippen LogP contribution in [0.5, 0.6) is 0 Å². The van der Waals surface area contributed by atoms with Crippen molar-refractivity contribution >= 4 is 11.5 Å². The van der Waals surface area contributed by atoms with Crippen LogP contribution in [-0.2, 0) is 17.5 Å². The molecule has 5 nitrogen and oxygen atoms in total. The number of benzene rings is 1. The smallest absolute Gasteiger partial charge is 0.242 e. The van der Waals surface area contributed by atoms with Gasteiger partial charge in [-0.15, -0.1) is 0 Å². The number of carbonyl (C=O) groups is 1. The Morgan fingerprint density at radius 1 is 1.05 bits per heavy atom. The Morgan fingerprint density at radius 3 is 2.16 bits per heavy atom. The van der Waals surface area contributed by atoms with Gasteiger partial charge >= 0.3 is 5.97 Å². The maximum atomic E-state index is 14.8. The van der Waals surface area contributed by atoms with Gasteiger partial charge in [0, 0.05) is 23.6 Å². The molecule has 0 N–H and O–H groups in total. The summed E-state index contributed by atoms with van der Waals surface area (Å²) in [6.45, 7) is 14.0. The summed E-state index contributed by atoms with van der Waals surface area (Å²) in [4.78, 5) is 15.6. The fourth-order valence-electron chi connectivity index (χ4n) is 4.70. The van der Waals surface area contributed by atoms with Crippen molar-refractivity contribution in [2.24, 2.45) is 13.0 Å². The number of allylic oxidation sites excluding steroid dienone is 5. The summed E-state index contributed by atoms with van der Waals surface area (Å²) in [5.74, 6) is -12.1. The SMILES string of the molecule is C=C[C@@](C)(C1CC=CC=C1c1n(-c2c(F)c(F)c(F)c(F)c2F)cc[n+]1C)[n+]1ccccc1C(=O)OF.CC.CCCC.